The lowest BCUT2D eigenvalue weighted by Crippen LogP contribution is -2.29. The van der Waals surface area contributed by atoms with Gasteiger partial charge >= 0.3 is 0 Å². The van der Waals surface area contributed by atoms with Gasteiger partial charge in [-0.25, -0.2) is 0 Å². The van der Waals surface area contributed by atoms with Crippen LogP contribution in [0, 0.1) is 6.92 Å². The van der Waals surface area contributed by atoms with E-state index in [0.29, 0.717) is 0 Å². The number of benzene rings is 4. The van der Waals surface area contributed by atoms with Gasteiger partial charge in [0.2, 0.25) is 5.52 Å². The first-order valence-electron chi connectivity index (χ1n) is 11.9. The molecule has 0 amide bonds. The molecule has 0 unspecified atom stereocenters. The van der Waals surface area contributed by atoms with Crippen molar-refractivity contribution in [2.75, 3.05) is 11.4 Å². The van der Waals surface area contributed by atoms with Gasteiger partial charge in [-0.15, -0.1) is 0 Å². The van der Waals surface area contributed by atoms with Crippen LogP contribution in [0.15, 0.2) is 99.7 Å². The average Bonchev–Trinajstić information content (AvgIpc) is 3.41. The number of para-hydroxylation sites is 1. The zero-order valence-electron chi connectivity index (χ0n) is 20.8. The maximum absolute atomic E-state index is 10.5. The van der Waals surface area contributed by atoms with E-state index in [2.05, 4.69) is 90.2 Å². The fraction of sp³-hybridized carbons (Fsp3) is 0.138. The fourth-order valence-electron chi connectivity index (χ4n) is 4.33. The maximum Gasteiger partial charge on any atom is 0.294 e. The van der Waals surface area contributed by atoms with Crippen LogP contribution in [0.4, 0.5) is 5.69 Å². The molecule has 6 rings (SSSR count). The molecule has 1 aliphatic heterocycles. The van der Waals surface area contributed by atoms with Crippen LogP contribution in [0.5, 0.6) is 0 Å². The molecule has 2 heterocycles. The molecule has 1 aromatic heterocycles. The number of hydrogen-bond acceptors (Lipinski definition) is 5. The second kappa shape index (κ2) is 10.3. The summed E-state index contributed by atoms with van der Waals surface area (Å²) in [5.74, 6) is 0. The highest BCUT2D eigenvalue weighted by Gasteiger charge is 2.27. The largest absolute Gasteiger partial charge is 0.335 e. The molecule has 5 aromatic rings. The lowest BCUT2D eigenvalue weighted by molar-refractivity contribution is -0.642. The highest BCUT2D eigenvalue weighted by molar-refractivity contribution is 8.04. The molecular weight excluding hydrogens is 521 g/mol. The average molecular weight is 548 g/mol. The molecule has 0 bridgehead atoms. The molecule has 188 valence electrons. The van der Waals surface area contributed by atoms with Gasteiger partial charge in [0.1, 0.15) is 11.7 Å². The summed E-state index contributed by atoms with van der Waals surface area (Å²) in [6, 6.07) is 27.8. The number of aryl methyl sites for hydroxylation is 2. The number of thiazole rings is 1. The van der Waals surface area contributed by atoms with Gasteiger partial charge in [-0.3, -0.25) is 4.55 Å². The number of hydrogen-bond donors (Lipinski definition) is 1. The Morgan fingerprint density at radius 1 is 0.946 bits per heavy atom. The maximum atomic E-state index is 10.5. The van der Waals surface area contributed by atoms with E-state index in [9.17, 15) is 8.42 Å². The van der Waals surface area contributed by atoms with Crippen LogP contribution in [0.25, 0.3) is 27.1 Å². The monoisotopic (exact) mass is 547 g/mol. The van der Waals surface area contributed by atoms with E-state index in [1.54, 1.807) is 12.1 Å². The molecule has 1 aliphatic rings. The Morgan fingerprint density at radius 3 is 2.35 bits per heavy atom. The summed E-state index contributed by atoms with van der Waals surface area (Å²) in [5, 5.41) is 5.24. The Labute approximate surface area is 225 Å². The summed E-state index contributed by atoms with van der Waals surface area (Å²) < 4.78 is 33.2. The van der Waals surface area contributed by atoms with Gasteiger partial charge < -0.3 is 4.90 Å². The van der Waals surface area contributed by atoms with Gasteiger partial charge in [0, 0.05) is 17.5 Å². The molecule has 0 spiro atoms. The minimum absolute atomic E-state index is 0.0666. The third-order valence-corrected chi connectivity index (χ3v) is 9.49. The molecule has 0 saturated carbocycles. The molecule has 0 aliphatic carbocycles. The predicted octanol–water partition coefficient (Wildman–Crippen LogP) is 7.05. The van der Waals surface area contributed by atoms with Crippen molar-refractivity contribution >= 4 is 66.0 Å². The topological polar surface area (TPSA) is 61.5 Å². The van der Waals surface area contributed by atoms with E-state index >= 15 is 0 Å². The van der Waals surface area contributed by atoms with Crippen molar-refractivity contribution in [3.63, 3.8) is 0 Å². The molecule has 0 saturated heterocycles. The number of anilines is 1. The van der Waals surface area contributed by atoms with Gasteiger partial charge in [0.05, 0.1) is 21.7 Å². The predicted molar refractivity (Wildman–Crippen MR) is 155 cm³/mol. The molecule has 8 heteroatoms. The molecule has 0 fully saturated rings. The van der Waals surface area contributed by atoms with Crippen LogP contribution in [-0.2, 0) is 17.2 Å². The van der Waals surface area contributed by atoms with Crippen LogP contribution < -0.4 is 9.47 Å². The Hall–Kier alpha value is -3.17. The first kappa shape index (κ1) is 25.5. The number of fused-ring (bicyclic) bond motifs is 4. The summed E-state index contributed by atoms with van der Waals surface area (Å²) in [5.41, 5.74) is 3.57. The first-order valence-corrected chi connectivity index (χ1v) is 14.9. The minimum atomic E-state index is -4.02. The van der Waals surface area contributed by atoms with E-state index in [1.165, 1.54) is 53.7 Å². The van der Waals surface area contributed by atoms with E-state index in [4.69, 9.17) is 4.55 Å². The van der Waals surface area contributed by atoms with Crippen LogP contribution in [0.2, 0.25) is 0 Å². The minimum Gasteiger partial charge on any atom is -0.335 e. The zero-order chi connectivity index (χ0) is 26.2. The first-order chi connectivity index (χ1) is 17.8. The lowest BCUT2D eigenvalue weighted by Gasteiger charge is -2.17. The second-order valence-electron chi connectivity index (χ2n) is 8.72. The van der Waals surface area contributed by atoms with Crippen LogP contribution in [-0.4, -0.2) is 19.5 Å². The summed E-state index contributed by atoms with van der Waals surface area (Å²) in [4.78, 5) is 3.74. The summed E-state index contributed by atoms with van der Waals surface area (Å²) >= 11 is 3.74. The van der Waals surface area contributed by atoms with Crippen LogP contribution in [0.3, 0.4) is 0 Å². The Bertz CT molecular complexity index is 1740. The molecular formula is C29H27N2O3S3+. The smallest absolute Gasteiger partial charge is 0.294 e. The van der Waals surface area contributed by atoms with E-state index in [-0.39, 0.29) is 4.90 Å². The Balaban J connectivity index is 0.000000215. The standard InChI is InChI=1S/C22H19N2S2.C7H8O3S/c1-3-24-18-13-12-15-8-4-5-9-16(15)22(18)26-21(24)14-20-23(2)17-10-6-7-11-19(17)25-20;1-6-2-4-7(5-3-6)11(8,9)10/h4-14H,3H2,1-2H3;2-5H,1H3,(H,8,9,10)/q+1;. The molecule has 5 nitrogen and oxygen atoms in total. The van der Waals surface area contributed by atoms with Crippen molar-refractivity contribution in [3.05, 3.63) is 101 Å². The van der Waals surface area contributed by atoms with Gasteiger partial charge in [-0.05, 0) is 48.9 Å². The molecule has 1 N–H and O–H groups in total. The van der Waals surface area contributed by atoms with Crippen molar-refractivity contribution < 1.29 is 17.5 Å². The van der Waals surface area contributed by atoms with Gasteiger partial charge in [-0.1, -0.05) is 83.3 Å². The number of thioether (sulfide) groups is 1. The van der Waals surface area contributed by atoms with Crippen LogP contribution in [0.1, 0.15) is 17.5 Å². The van der Waals surface area contributed by atoms with Crippen molar-refractivity contribution in [1.29, 1.82) is 0 Å². The van der Waals surface area contributed by atoms with Crippen molar-refractivity contribution in [3.8, 4) is 0 Å². The number of aromatic nitrogens is 1. The summed E-state index contributed by atoms with van der Waals surface area (Å²) in [6.07, 6.45) is 2.34. The third kappa shape index (κ3) is 5.15. The Kier molecular flexibility index (Phi) is 7.09. The highest BCUT2D eigenvalue weighted by atomic mass is 32.2. The molecule has 37 heavy (non-hydrogen) atoms. The molecule has 0 radical (unpaired) electrons. The zero-order valence-corrected chi connectivity index (χ0v) is 23.2. The van der Waals surface area contributed by atoms with E-state index in [1.807, 2.05) is 30.0 Å². The Morgan fingerprint density at radius 2 is 1.65 bits per heavy atom. The molecule has 4 aromatic carbocycles. The normalized spacial score (nSPS) is 14.2. The SMILES string of the molecule is CCN1/C(=C/c2sc3ccccc3[n+]2C)Sc2c1ccc1ccccc21.Cc1ccc(S(=O)(=O)O)cc1. The van der Waals surface area contributed by atoms with Crippen LogP contribution >= 0.6 is 23.1 Å². The molecule has 0 atom stereocenters. The van der Waals surface area contributed by atoms with E-state index in [0.717, 1.165) is 12.1 Å². The van der Waals surface area contributed by atoms with Gasteiger partial charge in [0.25, 0.3) is 15.1 Å². The number of rotatable bonds is 3. The van der Waals surface area contributed by atoms with Crippen molar-refractivity contribution in [2.24, 2.45) is 7.05 Å². The second-order valence-corrected chi connectivity index (χ2v) is 12.2. The third-order valence-electron chi connectivity index (χ3n) is 6.28. The number of nitrogens with zero attached hydrogens (tertiary/aromatic N) is 2. The van der Waals surface area contributed by atoms with E-state index < -0.39 is 10.1 Å². The van der Waals surface area contributed by atoms with Gasteiger partial charge in [-0.2, -0.15) is 13.0 Å². The fourth-order valence-corrected chi connectivity index (χ4v) is 7.26. The quantitative estimate of drug-likeness (QED) is 0.194. The van der Waals surface area contributed by atoms with Crippen molar-refractivity contribution in [2.45, 2.75) is 23.6 Å². The van der Waals surface area contributed by atoms with Crippen molar-refractivity contribution in [1.82, 2.24) is 0 Å². The van der Waals surface area contributed by atoms with Gasteiger partial charge in [0.15, 0.2) is 0 Å². The highest BCUT2D eigenvalue weighted by Crippen LogP contribution is 2.49. The summed E-state index contributed by atoms with van der Waals surface area (Å²) in [7, 11) is -1.86. The summed E-state index contributed by atoms with van der Waals surface area (Å²) in [6.45, 7) is 5.04. The lowest BCUT2D eigenvalue weighted by atomic mass is 10.1.